The van der Waals surface area contributed by atoms with Crippen LogP contribution in [0.1, 0.15) is 37.9 Å². The molecule has 1 aromatic carbocycles. The summed E-state index contributed by atoms with van der Waals surface area (Å²) in [6.45, 7) is 5.46. The Kier molecular flexibility index (Phi) is 3.32. The summed E-state index contributed by atoms with van der Waals surface area (Å²) in [5.41, 5.74) is 2.50. The molecule has 1 aliphatic carbocycles. The van der Waals surface area contributed by atoms with Gasteiger partial charge in [-0.1, -0.05) is 18.2 Å². The molecule has 0 fully saturated rings. The zero-order chi connectivity index (χ0) is 15.9. The number of benzene rings is 1. The van der Waals surface area contributed by atoms with E-state index < -0.39 is 11.7 Å². The maximum atomic E-state index is 12.0. The topological polar surface area (TPSA) is 77.9 Å². The third-order valence-corrected chi connectivity index (χ3v) is 3.81. The van der Waals surface area contributed by atoms with E-state index in [4.69, 9.17) is 4.74 Å². The largest absolute Gasteiger partial charge is 0.444 e. The Morgan fingerprint density at radius 2 is 2.14 bits per heavy atom. The fraction of sp³-hybridized carbons (Fsp3) is 0.412. The summed E-state index contributed by atoms with van der Waals surface area (Å²) in [5.74, 6) is -0.362. The van der Waals surface area contributed by atoms with Gasteiger partial charge in [0.05, 0.1) is 18.0 Å². The zero-order valence-corrected chi connectivity index (χ0v) is 12.9. The van der Waals surface area contributed by atoms with Crippen LogP contribution in [-0.2, 0) is 11.2 Å². The number of alkyl carbamates (subject to hydrolysis) is 1. The summed E-state index contributed by atoms with van der Waals surface area (Å²) in [5, 5.41) is 13.4. The number of rotatable bonds is 1. The molecule has 2 atom stereocenters. The van der Waals surface area contributed by atoms with Gasteiger partial charge in [-0.05, 0) is 26.8 Å². The molecule has 2 N–H and O–H groups in total. The number of hydrogen-bond donors (Lipinski definition) is 2. The number of carbonyl (C=O) groups excluding carboxylic acids is 1. The van der Waals surface area contributed by atoms with Crippen LogP contribution >= 0.6 is 0 Å². The van der Waals surface area contributed by atoms with E-state index in [0.717, 1.165) is 22.2 Å². The predicted molar refractivity (Wildman–Crippen MR) is 83.5 cm³/mol. The molecule has 5 heteroatoms. The molecule has 0 saturated carbocycles. The van der Waals surface area contributed by atoms with E-state index in [9.17, 15) is 10.1 Å². The highest BCUT2D eigenvalue weighted by Gasteiger charge is 2.37. The standard InChI is InChI=1S/C17H19N3O2/c1-17(2,3)22-16(21)20-13-8-14-15(11(13)9-18)10-6-4-5-7-12(10)19-14/h4-7,11,13,19H,8H2,1-3H3,(H,20,21)/t11-,13?/m1/s1. The summed E-state index contributed by atoms with van der Waals surface area (Å²) in [4.78, 5) is 15.3. The SMILES string of the molecule is CC(C)(C)OC(=O)NC1Cc2[nH]c3ccccc3c2[C@@H]1C#N. The number of fused-ring (bicyclic) bond motifs is 3. The van der Waals surface area contributed by atoms with Gasteiger partial charge < -0.3 is 15.0 Å². The second-order valence-electron chi connectivity index (χ2n) is 6.63. The minimum atomic E-state index is -0.550. The molecule has 0 bridgehead atoms. The van der Waals surface area contributed by atoms with Gasteiger partial charge in [-0.3, -0.25) is 0 Å². The van der Waals surface area contributed by atoms with Crippen LogP contribution in [0.2, 0.25) is 0 Å². The average molecular weight is 297 g/mol. The van der Waals surface area contributed by atoms with E-state index in [2.05, 4.69) is 16.4 Å². The highest BCUT2D eigenvalue weighted by Crippen LogP contribution is 2.38. The molecule has 1 aliphatic rings. The first-order valence-corrected chi connectivity index (χ1v) is 7.37. The molecule has 1 unspecified atom stereocenters. The number of carbonyl (C=O) groups is 1. The monoisotopic (exact) mass is 297 g/mol. The van der Waals surface area contributed by atoms with Crippen molar-refractivity contribution < 1.29 is 9.53 Å². The number of amides is 1. The fourth-order valence-corrected chi connectivity index (χ4v) is 3.02. The highest BCUT2D eigenvalue weighted by atomic mass is 16.6. The highest BCUT2D eigenvalue weighted by molar-refractivity contribution is 5.87. The van der Waals surface area contributed by atoms with E-state index in [1.807, 2.05) is 45.0 Å². The van der Waals surface area contributed by atoms with Crippen molar-refractivity contribution in [1.29, 1.82) is 5.26 Å². The first kappa shape index (κ1) is 14.5. The number of ether oxygens (including phenoxy) is 1. The lowest BCUT2D eigenvalue weighted by Gasteiger charge is -2.23. The van der Waals surface area contributed by atoms with E-state index >= 15 is 0 Å². The van der Waals surface area contributed by atoms with Crippen molar-refractivity contribution >= 4 is 17.0 Å². The van der Waals surface area contributed by atoms with Gasteiger partial charge in [0.1, 0.15) is 5.60 Å². The summed E-state index contributed by atoms with van der Waals surface area (Å²) in [6, 6.07) is 9.99. The number of para-hydroxylation sites is 1. The molecule has 5 nitrogen and oxygen atoms in total. The van der Waals surface area contributed by atoms with Gasteiger partial charge in [0.25, 0.3) is 0 Å². The molecule has 1 aromatic heterocycles. The van der Waals surface area contributed by atoms with Gasteiger partial charge in [0.2, 0.25) is 0 Å². The van der Waals surface area contributed by atoms with Crippen LogP contribution in [0.5, 0.6) is 0 Å². The smallest absolute Gasteiger partial charge is 0.407 e. The number of nitrogens with one attached hydrogen (secondary N) is 2. The average Bonchev–Trinajstić information content (AvgIpc) is 2.91. The van der Waals surface area contributed by atoms with Crippen LogP contribution in [0.15, 0.2) is 24.3 Å². The molecule has 3 rings (SSSR count). The van der Waals surface area contributed by atoms with E-state index in [1.54, 1.807) is 0 Å². The van der Waals surface area contributed by atoms with Crippen LogP contribution in [-0.4, -0.2) is 22.7 Å². The molecule has 114 valence electrons. The number of aromatic amines is 1. The Morgan fingerprint density at radius 1 is 1.41 bits per heavy atom. The minimum absolute atomic E-state index is 0.259. The lowest BCUT2D eigenvalue weighted by Crippen LogP contribution is -2.41. The second-order valence-corrected chi connectivity index (χ2v) is 6.63. The number of nitrogens with zero attached hydrogens (tertiary/aromatic N) is 1. The molecule has 1 heterocycles. The third kappa shape index (κ3) is 2.52. The van der Waals surface area contributed by atoms with Gasteiger partial charge in [0, 0.05) is 28.6 Å². The molecule has 2 aromatic rings. The van der Waals surface area contributed by atoms with Crippen molar-refractivity contribution in [2.24, 2.45) is 0 Å². The van der Waals surface area contributed by atoms with Crippen LogP contribution in [0.3, 0.4) is 0 Å². The van der Waals surface area contributed by atoms with Gasteiger partial charge >= 0.3 is 6.09 Å². The second kappa shape index (κ2) is 5.06. The molecular weight excluding hydrogens is 278 g/mol. The Balaban J connectivity index is 1.85. The summed E-state index contributed by atoms with van der Waals surface area (Å²) < 4.78 is 5.29. The molecule has 22 heavy (non-hydrogen) atoms. The number of H-pyrrole nitrogens is 1. The van der Waals surface area contributed by atoms with E-state index in [0.29, 0.717) is 6.42 Å². The number of hydrogen-bond acceptors (Lipinski definition) is 3. The molecule has 0 radical (unpaired) electrons. The van der Waals surface area contributed by atoms with Gasteiger partial charge in [-0.25, -0.2) is 4.79 Å². The lowest BCUT2D eigenvalue weighted by molar-refractivity contribution is 0.0503. The number of aromatic nitrogens is 1. The van der Waals surface area contributed by atoms with Crippen molar-refractivity contribution in [2.75, 3.05) is 0 Å². The summed E-state index contributed by atoms with van der Waals surface area (Å²) in [6.07, 6.45) is 0.133. The third-order valence-electron chi connectivity index (χ3n) is 3.81. The van der Waals surface area contributed by atoms with Crippen LogP contribution in [0, 0.1) is 11.3 Å². The van der Waals surface area contributed by atoms with Crippen LogP contribution in [0.25, 0.3) is 10.9 Å². The Labute approximate surface area is 129 Å². The van der Waals surface area contributed by atoms with Crippen molar-refractivity contribution in [3.8, 4) is 6.07 Å². The van der Waals surface area contributed by atoms with Crippen molar-refractivity contribution in [3.05, 3.63) is 35.5 Å². The van der Waals surface area contributed by atoms with Crippen LogP contribution in [0.4, 0.5) is 4.79 Å². The van der Waals surface area contributed by atoms with Crippen LogP contribution < -0.4 is 5.32 Å². The zero-order valence-electron chi connectivity index (χ0n) is 12.9. The summed E-state index contributed by atoms with van der Waals surface area (Å²) >= 11 is 0. The molecular formula is C17H19N3O2. The van der Waals surface area contributed by atoms with Crippen molar-refractivity contribution in [2.45, 2.75) is 44.8 Å². The Morgan fingerprint density at radius 3 is 2.82 bits per heavy atom. The molecule has 0 aliphatic heterocycles. The number of nitriles is 1. The normalized spacial score (nSPS) is 20.5. The maximum Gasteiger partial charge on any atom is 0.407 e. The Hall–Kier alpha value is -2.48. The van der Waals surface area contributed by atoms with Gasteiger partial charge in [-0.15, -0.1) is 0 Å². The first-order chi connectivity index (χ1) is 10.4. The fourth-order valence-electron chi connectivity index (χ4n) is 3.02. The minimum Gasteiger partial charge on any atom is -0.444 e. The Bertz CT molecular complexity index is 764. The lowest BCUT2D eigenvalue weighted by atomic mass is 9.98. The predicted octanol–water partition coefficient (Wildman–Crippen LogP) is 3.22. The molecule has 0 spiro atoms. The van der Waals surface area contributed by atoms with E-state index in [-0.39, 0.29) is 12.0 Å². The maximum absolute atomic E-state index is 12.0. The first-order valence-electron chi connectivity index (χ1n) is 7.37. The summed E-state index contributed by atoms with van der Waals surface area (Å²) in [7, 11) is 0. The van der Waals surface area contributed by atoms with Gasteiger partial charge in [-0.2, -0.15) is 5.26 Å². The van der Waals surface area contributed by atoms with Crippen molar-refractivity contribution in [1.82, 2.24) is 10.3 Å². The molecule has 1 amide bonds. The molecule has 0 saturated heterocycles. The van der Waals surface area contributed by atoms with Crippen molar-refractivity contribution in [3.63, 3.8) is 0 Å². The van der Waals surface area contributed by atoms with E-state index in [1.165, 1.54) is 0 Å². The quantitative estimate of drug-likeness (QED) is 0.848. The van der Waals surface area contributed by atoms with Gasteiger partial charge in [0.15, 0.2) is 0 Å².